The highest BCUT2D eigenvalue weighted by Gasteiger charge is 2.18. The molecule has 0 bridgehead atoms. The molecule has 0 heterocycles. The summed E-state index contributed by atoms with van der Waals surface area (Å²) in [5.74, 6) is 0.394. The molecule has 3 aromatic carbocycles. The minimum absolute atomic E-state index is 0.0887. The van der Waals surface area contributed by atoms with Crippen molar-refractivity contribution in [3.05, 3.63) is 89.5 Å². The van der Waals surface area contributed by atoms with Crippen molar-refractivity contribution in [2.24, 2.45) is 0 Å². The highest BCUT2D eigenvalue weighted by Crippen LogP contribution is 2.21. The highest BCUT2D eigenvalue weighted by atomic mass is 32.2. The van der Waals surface area contributed by atoms with Crippen LogP contribution in [0, 0.1) is 6.92 Å². The highest BCUT2D eigenvalue weighted by molar-refractivity contribution is 7.92. The quantitative estimate of drug-likeness (QED) is 0.542. The number of amides is 1. The Kier molecular flexibility index (Phi) is 6.97. The molecule has 0 saturated heterocycles. The lowest BCUT2D eigenvalue weighted by Crippen LogP contribution is -2.25. The van der Waals surface area contributed by atoms with Gasteiger partial charge >= 0.3 is 0 Å². The van der Waals surface area contributed by atoms with Gasteiger partial charge < -0.3 is 10.1 Å². The summed E-state index contributed by atoms with van der Waals surface area (Å²) < 4.78 is 33.6. The number of aryl methyl sites for hydroxylation is 1. The van der Waals surface area contributed by atoms with E-state index in [1.165, 1.54) is 12.1 Å². The summed E-state index contributed by atoms with van der Waals surface area (Å²) in [6.07, 6.45) is 0.0887. The van der Waals surface area contributed by atoms with Crippen LogP contribution >= 0.6 is 0 Å². The minimum atomic E-state index is -3.81. The number of sulfonamides is 1. The van der Waals surface area contributed by atoms with Crippen LogP contribution in [0.2, 0.25) is 0 Å². The molecule has 0 saturated carbocycles. The van der Waals surface area contributed by atoms with Gasteiger partial charge in [0.2, 0.25) is 0 Å². The molecule has 3 rings (SSSR count). The third kappa shape index (κ3) is 6.08. The predicted octanol–water partition coefficient (Wildman–Crippen LogP) is 4.51. The monoisotopic (exact) mass is 438 g/mol. The lowest BCUT2D eigenvalue weighted by molar-refractivity contribution is 0.0952. The number of carbonyl (C=O) groups is 1. The first kappa shape index (κ1) is 22.4. The predicted molar refractivity (Wildman–Crippen MR) is 122 cm³/mol. The molecule has 1 amide bonds. The average Bonchev–Trinajstić information content (AvgIpc) is 2.73. The first-order valence-corrected chi connectivity index (χ1v) is 11.5. The van der Waals surface area contributed by atoms with Crippen molar-refractivity contribution in [1.82, 2.24) is 5.32 Å². The maximum absolute atomic E-state index is 12.7. The Morgan fingerprint density at radius 2 is 1.58 bits per heavy atom. The fraction of sp³-hybridized carbons (Fsp3) is 0.208. The Morgan fingerprint density at radius 1 is 0.935 bits per heavy atom. The Labute approximate surface area is 183 Å². The Bertz CT molecular complexity index is 1140. The number of carbonyl (C=O) groups excluding carboxylic acids is 1. The zero-order valence-electron chi connectivity index (χ0n) is 17.8. The van der Waals surface area contributed by atoms with Crippen LogP contribution in [0.3, 0.4) is 0 Å². The number of anilines is 1. The zero-order valence-corrected chi connectivity index (χ0v) is 18.6. The summed E-state index contributed by atoms with van der Waals surface area (Å²) in [4.78, 5) is 12.9. The summed E-state index contributed by atoms with van der Waals surface area (Å²) in [7, 11) is -3.81. The van der Waals surface area contributed by atoms with Crippen LogP contribution in [0.25, 0.3) is 0 Å². The zero-order chi connectivity index (χ0) is 22.4. The second kappa shape index (κ2) is 9.66. The number of rotatable bonds is 8. The topological polar surface area (TPSA) is 84.5 Å². The van der Waals surface area contributed by atoms with E-state index in [2.05, 4.69) is 10.0 Å². The number of para-hydroxylation sites is 1. The maximum Gasteiger partial charge on any atom is 0.261 e. The van der Waals surface area contributed by atoms with Crippen molar-refractivity contribution in [3.63, 3.8) is 0 Å². The summed E-state index contributed by atoms with van der Waals surface area (Å²) >= 11 is 0. The van der Waals surface area contributed by atoms with Crippen molar-refractivity contribution in [2.75, 3.05) is 4.72 Å². The lowest BCUT2D eigenvalue weighted by atomic mass is 10.1. The molecular formula is C24H26N2O4S. The molecule has 0 aliphatic heterocycles. The van der Waals surface area contributed by atoms with Crippen LogP contribution in [-0.2, 0) is 16.6 Å². The number of hydrogen-bond acceptors (Lipinski definition) is 4. The Morgan fingerprint density at radius 3 is 2.23 bits per heavy atom. The van der Waals surface area contributed by atoms with Crippen molar-refractivity contribution < 1.29 is 17.9 Å². The van der Waals surface area contributed by atoms with E-state index in [9.17, 15) is 13.2 Å². The molecule has 0 spiro atoms. The van der Waals surface area contributed by atoms with Crippen LogP contribution in [0.5, 0.6) is 5.75 Å². The summed E-state index contributed by atoms with van der Waals surface area (Å²) in [6.45, 7) is 6.10. The van der Waals surface area contributed by atoms with Crippen molar-refractivity contribution >= 4 is 21.6 Å². The number of hydrogen-bond donors (Lipinski definition) is 2. The Hall–Kier alpha value is -3.32. The molecule has 0 aliphatic rings. The van der Waals surface area contributed by atoms with Crippen LogP contribution in [-0.4, -0.2) is 20.4 Å². The number of benzene rings is 3. The fourth-order valence-electron chi connectivity index (χ4n) is 2.93. The minimum Gasteiger partial charge on any atom is -0.491 e. The normalized spacial score (nSPS) is 11.2. The first-order valence-electron chi connectivity index (χ1n) is 9.97. The average molecular weight is 439 g/mol. The van der Waals surface area contributed by atoms with E-state index in [1.807, 2.05) is 45.0 Å². The SMILES string of the molecule is Cc1ccc(S(=O)(=O)Nc2ccccc2C(=O)NCc2ccc(OC(C)C)cc2)cc1. The largest absolute Gasteiger partial charge is 0.491 e. The van der Waals surface area contributed by atoms with Gasteiger partial charge in [-0.2, -0.15) is 0 Å². The lowest BCUT2D eigenvalue weighted by Gasteiger charge is -2.13. The van der Waals surface area contributed by atoms with Crippen molar-refractivity contribution in [1.29, 1.82) is 0 Å². The van der Waals surface area contributed by atoms with Gasteiger partial charge in [0.1, 0.15) is 5.75 Å². The maximum atomic E-state index is 12.7. The van der Waals surface area contributed by atoms with Gasteiger partial charge in [0.05, 0.1) is 22.3 Å². The molecule has 0 atom stereocenters. The molecule has 162 valence electrons. The molecule has 0 unspecified atom stereocenters. The van der Waals surface area contributed by atoms with Gasteiger partial charge in [0.25, 0.3) is 15.9 Å². The summed E-state index contributed by atoms with van der Waals surface area (Å²) in [5, 5.41) is 2.83. The Balaban J connectivity index is 1.70. The van der Waals surface area contributed by atoms with Gasteiger partial charge in [-0.1, -0.05) is 42.0 Å². The second-order valence-corrected chi connectivity index (χ2v) is 9.14. The number of ether oxygens (including phenoxy) is 1. The molecule has 31 heavy (non-hydrogen) atoms. The summed E-state index contributed by atoms with van der Waals surface area (Å²) in [5.41, 5.74) is 2.34. The molecule has 0 aliphatic carbocycles. The smallest absolute Gasteiger partial charge is 0.261 e. The molecule has 0 radical (unpaired) electrons. The standard InChI is InChI=1S/C24H26N2O4S/c1-17(2)30-20-12-10-19(11-13-20)16-25-24(27)22-6-4-5-7-23(22)26-31(28,29)21-14-8-18(3)9-15-21/h4-15,17,26H,16H2,1-3H3,(H,25,27). The molecule has 7 heteroatoms. The molecule has 2 N–H and O–H groups in total. The molecule has 6 nitrogen and oxygen atoms in total. The third-order valence-electron chi connectivity index (χ3n) is 4.50. The van der Waals surface area contributed by atoms with Gasteiger partial charge in [0.15, 0.2) is 0 Å². The van der Waals surface area contributed by atoms with E-state index in [0.717, 1.165) is 16.9 Å². The van der Waals surface area contributed by atoms with E-state index in [0.29, 0.717) is 6.54 Å². The van der Waals surface area contributed by atoms with Crippen LogP contribution in [0.1, 0.15) is 35.3 Å². The first-order chi connectivity index (χ1) is 14.7. The van der Waals surface area contributed by atoms with Crippen molar-refractivity contribution in [3.8, 4) is 5.75 Å². The number of nitrogens with one attached hydrogen (secondary N) is 2. The summed E-state index contributed by atoms with van der Waals surface area (Å²) in [6, 6.07) is 20.5. The van der Waals surface area contributed by atoms with Gasteiger partial charge in [-0.3, -0.25) is 9.52 Å². The van der Waals surface area contributed by atoms with Gasteiger partial charge in [-0.25, -0.2) is 8.42 Å². The molecular weight excluding hydrogens is 412 g/mol. The van der Waals surface area contributed by atoms with Crippen LogP contribution in [0.4, 0.5) is 5.69 Å². The van der Waals surface area contributed by atoms with Crippen LogP contribution in [0.15, 0.2) is 77.7 Å². The van der Waals surface area contributed by atoms with Gasteiger partial charge in [0, 0.05) is 6.54 Å². The van der Waals surface area contributed by atoms with E-state index in [4.69, 9.17) is 4.74 Å². The van der Waals surface area contributed by atoms with Gasteiger partial charge in [-0.05, 0) is 62.7 Å². The van der Waals surface area contributed by atoms with E-state index in [-0.39, 0.29) is 28.2 Å². The van der Waals surface area contributed by atoms with E-state index < -0.39 is 10.0 Å². The van der Waals surface area contributed by atoms with E-state index >= 15 is 0 Å². The molecule has 0 fully saturated rings. The second-order valence-electron chi connectivity index (χ2n) is 7.46. The fourth-order valence-corrected chi connectivity index (χ4v) is 4.01. The third-order valence-corrected chi connectivity index (χ3v) is 5.88. The van der Waals surface area contributed by atoms with Crippen LogP contribution < -0.4 is 14.8 Å². The van der Waals surface area contributed by atoms with E-state index in [1.54, 1.807) is 36.4 Å². The van der Waals surface area contributed by atoms with Gasteiger partial charge in [-0.15, -0.1) is 0 Å². The van der Waals surface area contributed by atoms with Crippen molar-refractivity contribution in [2.45, 2.75) is 38.3 Å². The molecule has 0 aromatic heterocycles. The molecule has 3 aromatic rings.